The van der Waals surface area contributed by atoms with Crippen LogP contribution >= 0.6 is 10.7 Å². The Bertz CT molecular complexity index is 636. The zero-order valence-corrected chi connectivity index (χ0v) is 13.0. The van der Waals surface area contributed by atoms with Gasteiger partial charge in [0, 0.05) is 30.9 Å². The zero-order valence-electron chi connectivity index (χ0n) is 11.4. The fourth-order valence-electron chi connectivity index (χ4n) is 1.64. The van der Waals surface area contributed by atoms with Crippen LogP contribution in [0.2, 0.25) is 0 Å². The lowest BCUT2D eigenvalue weighted by molar-refractivity contribution is 0.0700. The summed E-state index contributed by atoms with van der Waals surface area (Å²) in [6.07, 6.45) is 0. The lowest BCUT2D eigenvalue weighted by atomic mass is 10.1. The van der Waals surface area contributed by atoms with E-state index in [1.54, 1.807) is 6.92 Å². The van der Waals surface area contributed by atoms with E-state index in [1.807, 2.05) is 0 Å². The highest BCUT2D eigenvalue weighted by atomic mass is 35.7. The van der Waals surface area contributed by atoms with Gasteiger partial charge in [-0.25, -0.2) is 17.2 Å². The average molecular weight is 342 g/mol. The summed E-state index contributed by atoms with van der Waals surface area (Å²) in [5.74, 6) is -3.71. The molecule has 1 amide bonds. The monoisotopic (exact) mass is 341 g/mol. The molecule has 0 spiro atoms. The maximum Gasteiger partial charge on any atom is 0.261 e. The van der Waals surface area contributed by atoms with Gasteiger partial charge in [-0.1, -0.05) is 0 Å². The molecular formula is C12H14ClF2NO4S. The average Bonchev–Trinajstić information content (AvgIpc) is 2.41. The fourth-order valence-corrected chi connectivity index (χ4v) is 2.41. The van der Waals surface area contributed by atoms with E-state index in [0.29, 0.717) is 6.07 Å². The third-order valence-electron chi connectivity index (χ3n) is 2.75. The number of hydrogen-bond acceptors (Lipinski definition) is 4. The Morgan fingerprint density at radius 3 is 2.48 bits per heavy atom. The summed E-state index contributed by atoms with van der Waals surface area (Å²) < 4.78 is 54.4. The number of carbonyl (C=O) groups excluding carboxylic acids is 1. The van der Waals surface area contributed by atoms with Crippen molar-refractivity contribution in [3.05, 3.63) is 29.3 Å². The molecule has 0 aromatic heterocycles. The Morgan fingerprint density at radius 2 is 2.00 bits per heavy atom. The minimum Gasteiger partial charge on any atom is -0.383 e. The van der Waals surface area contributed by atoms with Gasteiger partial charge < -0.3 is 9.64 Å². The van der Waals surface area contributed by atoms with E-state index >= 15 is 0 Å². The predicted molar refractivity (Wildman–Crippen MR) is 72.9 cm³/mol. The van der Waals surface area contributed by atoms with E-state index in [2.05, 4.69) is 0 Å². The van der Waals surface area contributed by atoms with Crippen LogP contribution in [0.4, 0.5) is 8.78 Å². The van der Waals surface area contributed by atoms with Crippen LogP contribution in [0.25, 0.3) is 0 Å². The van der Waals surface area contributed by atoms with Crippen LogP contribution in [0.3, 0.4) is 0 Å². The number of nitrogens with zero attached hydrogens (tertiary/aromatic N) is 1. The van der Waals surface area contributed by atoms with Gasteiger partial charge in [-0.2, -0.15) is 0 Å². The largest absolute Gasteiger partial charge is 0.383 e. The first kappa shape index (κ1) is 17.8. The van der Waals surface area contributed by atoms with Crippen LogP contribution in [-0.4, -0.2) is 46.0 Å². The summed E-state index contributed by atoms with van der Waals surface area (Å²) in [7, 11) is 2.25. The molecule has 0 aliphatic rings. The van der Waals surface area contributed by atoms with Gasteiger partial charge in [-0.3, -0.25) is 4.79 Å². The number of benzene rings is 1. The summed E-state index contributed by atoms with van der Waals surface area (Å²) in [6.45, 7) is 2.23. The van der Waals surface area contributed by atoms with E-state index in [4.69, 9.17) is 15.4 Å². The fraction of sp³-hybridized carbons (Fsp3) is 0.417. The molecule has 1 aromatic rings. The van der Waals surface area contributed by atoms with Gasteiger partial charge in [-0.05, 0) is 19.1 Å². The van der Waals surface area contributed by atoms with Crippen molar-refractivity contribution in [2.45, 2.75) is 11.8 Å². The van der Waals surface area contributed by atoms with Crippen molar-refractivity contribution in [3.8, 4) is 0 Å². The number of hydrogen-bond donors (Lipinski definition) is 0. The summed E-state index contributed by atoms with van der Waals surface area (Å²) >= 11 is 0. The molecule has 0 atom stereocenters. The number of ether oxygens (including phenoxy) is 1. The van der Waals surface area contributed by atoms with E-state index in [0.717, 1.165) is 6.07 Å². The Balaban J connectivity index is 3.28. The predicted octanol–water partition coefficient (Wildman–Crippen LogP) is 2.00. The number of rotatable bonds is 6. The van der Waals surface area contributed by atoms with E-state index < -0.39 is 37.1 Å². The Kier molecular flexibility index (Phi) is 6.06. The number of likely N-dealkylation sites (N-methyl/N-ethyl adjacent to an activating group) is 1. The van der Waals surface area contributed by atoms with E-state index in [9.17, 15) is 22.0 Å². The minimum absolute atomic E-state index is 0.157. The van der Waals surface area contributed by atoms with Crippen LogP contribution in [-0.2, 0) is 13.8 Å². The molecule has 21 heavy (non-hydrogen) atoms. The lowest BCUT2D eigenvalue weighted by Gasteiger charge is -2.21. The Hall–Kier alpha value is -1.25. The molecule has 0 saturated heterocycles. The third-order valence-corrected chi connectivity index (χ3v) is 4.08. The molecule has 0 aliphatic carbocycles. The molecule has 0 radical (unpaired) electrons. The van der Waals surface area contributed by atoms with Crippen molar-refractivity contribution in [2.24, 2.45) is 0 Å². The maximum absolute atomic E-state index is 13.7. The van der Waals surface area contributed by atoms with Crippen molar-refractivity contribution in [1.82, 2.24) is 4.90 Å². The molecule has 0 N–H and O–H groups in total. The molecule has 1 rings (SSSR count). The summed E-state index contributed by atoms with van der Waals surface area (Å²) in [6, 6.07) is 1.15. The van der Waals surface area contributed by atoms with E-state index in [1.165, 1.54) is 12.0 Å². The molecule has 9 heteroatoms. The molecular weight excluding hydrogens is 328 g/mol. The Morgan fingerprint density at radius 1 is 1.38 bits per heavy atom. The highest BCUT2D eigenvalue weighted by molar-refractivity contribution is 8.13. The summed E-state index contributed by atoms with van der Waals surface area (Å²) in [5, 5.41) is 0. The van der Waals surface area contributed by atoms with Crippen molar-refractivity contribution < 1.29 is 26.7 Å². The third kappa shape index (κ3) is 4.36. The lowest BCUT2D eigenvalue weighted by Crippen LogP contribution is -2.34. The summed E-state index contributed by atoms with van der Waals surface area (Å²) in [5.41, 5.74) is -0.688. The highest BCUT2D eigenvalue weighted by Gasteiger charge is 2.24. The molecule has 0 heterocycles. The normalized spacial score (nSPS) is 11.5. The van der Waals surface area contributed by atoms with Gasteiger partial charge in [0.25, 0.3) is 15.0 Å². The minimum atomic E-state index is -4.28. The number of methoxy groups -OCH3 is 1. The second-order valence-corrected chi connectivity index (χ2v) is 6.65. The first-order chi connectivity index (χ1) is 9.72. The zero-order chi connectivity index (χ0) is 16.2. The SMILES string of the molecule is CCN(CCOC)C(=O)c1cc(S(=O)(=O)Cl)cc(F)c1F. The van der Waals surface area contributed by atoms with Crippen LogP contribution in [0.1, 0.15) is 17.3 Å². The van der Waals surface area contributed by atoms with Gasteiger partial charge >= 0.3 is 0 Å². The summed E-state index contributed by atoms with van der Waals surface area (Å²) in [4.78, 5) is 12.7. The van der Waals surface area contributed by atoms with Gasteiger partial charge in [0.15, 0.2) is 11.6 Å². The standard InChI is InChI=1S/C12H14ClF2NO4S/c1-3-16(4-5-20-2)12(17)9-6-8(21(13,18)19)7-10(14)11(9)15/h6-7H,3-5H2,1-2H3. The Labute approximate surface area is 125 Å². The van der Waals surface area contributed by atoms with Crippen LogP contribution in [0.15, 0.2) is 17.0 Å². The van der Waals surface area contributed by atoms with Crippen LogP contribution in [0.5, 0.6) is 0 Å². The molecule has 5 nitrogen and oxygen atoms in total. The number of amides is 1. The molecule has 1 aromatic carbocycles. The number of carbonyl (C=O) groups is 1. The molecule has 0 bridgehead atoms. The number of halogens is 3. The topological polar surface area (TPSA) is 63.7 Å². The van der Waals surface area contributed by atoms with Crippen molar-refractivity contribution >= 4 is 25.6 Å². The molecule has 118 valence electrons. The first-order valence-corrected chi connectivity index (χ1v) is 8.25. The van der Waals surface area contributed by atoms with Gasteiger partial charge in [0.1, 0.15) is 0 Å². The second-order valence-electron chi connectivity index (χ2n) is 4.08. The van der Waals surface area contributed by atoms with Crippen molar-refractivity contribution in [1.29, 1.82) is 0 Å². The van der Waals surface area contributed by atoms with Crippen LogP contribution < -0.4 is 0 Å². The molecule has 0 fully saturated rings. The smallest absolute Gasteiger partial charge is 0.261 e. The molecule has 0 aliphatic heterocycles. The van der Waals surface area contributed by atoms with Crippen molar-refractivity contribution in [3.63, 3.8) is 0 Å². The first-order valence-electron chi connectivity index (χ1n) is 5.94. The molecule has 0 saturated carbocycles. The second kappa shape index (κ2) is 7.15. The van der Waals surface area contributed by atoms with Gasteiger partial charge in [-0.15, -0.1) is 0 Å². The van der Waals surface area contributed by atoms with Crippen LogP contribution in [0, 0.1) is 11.6 Å². The van der Waals surface area contributed by atoms with Gasteiger partial charge in [0.05, 0.1) is 17.1 Å². The highest BCUT2D eigenvalue weighted by Crippen LogP contribution is 2.22. The van der Waals surface area contributed by atoms with E-state index in [-0.39, 0.29) is 19.7 Å². The van der Waals surface area contributed by atoms with Gasteiger partial charge in [0.2, 0.25) is 0 Å². The molecule has 0 unspecified atom stereocenters. The van der Waals surface area contributed by atoms with Crippen molar-refractivity contribution in [2.75, 3.05) is 26.8 Å². The quantitative estimate of drug-likeness (QED) is 0.742. The maximum atomic E-state index is 13.7.